The molecule has 1 N–H and O–H groups in total. The predicted octanol–water partition coefficient (Wildman–Crippen LogP) is 4.19. The van der Waals surface area contributed by atoms with Crippen LogP contribution in [0.1, 0.15) is 22.4 Å². The van der Waals surface area contributed by atoms with Crippen molar-refractivity contribution in [1.82, 2.24) is 9.29 Å². The Morgan fingerprint density at radius 2 is 1.88 bits per heavy atom. The van der Waals surface area contributed by atoms with Gasteiger partial charge in [-0.2, -0.15) is 4.31 Å². The van der Waals surface area contributed by atoms with E-state index < -0.39 is 10.0 Å². The van der Waals surface area contributed by atoms with Crippen LogP contribution in [0.4, 0.5) is 0 Å². The second-order valence-electron chi connectivity index (χ2n) is 6.61. The first-order chi connectivity index (χ1) is 11.9. The Balaban J connectivity index is 1.74. The number of rotatable bonds is 2. The second kappa shape index (κ2) is 5.87. The van der Waals surface area contributed by atoms with Gasteiger partial charge in [0.25, 0.3) is 0 Å². The number of halogens is 1. The number of hydrogen-bond donors (Lipinski definition) is 1. The molecule has 130 valence electrons. The monoisotopic (exact) mass is 374 g/mol. The van der Waals surface area contributed by atoms with Gasteiger partial charge in [-0.3, -0.25) is 0 Å². The Kier molecular flexibility index (Phi) is 3.90. The van der Waals surface area contributed by atoms with Crippen molar-refractivity contribution in [2.75, 3.05) is 6.54 Å². The Hall–Kier alpha value is -1.82. The fraction of sp³-hybridized carbons (Fsp3) is 0.263. The van der Waals surface area contributed by atoms with Gasteiger partial charge in [0.05, 0.1) is 4.90 Å². The first-order valence-corrected chi connectivity index (χ1v) is 10.0. The highest BCUT2D eigenvalue weighted by Gasteiger charge is 2.30. The molecular weight excluding hydrogens is 356 g/mol. The molecule has 25 heavy (non-hydrogen) atoms. The lowest BCUT2D eigenvalue weighted by Gasteiger charge is -2.26. The van der Waals surface area contributed by atoms with Gasteiger partial charge in [-0.05, 0) is 54.8 Å². The Bertz CT molecular complexity index is 1090. The maximum atomic E-state index is 13.1. The van der Waals surface area contributed by atoms with Crippen LogP contribution in [0.25, 0.3) is 10.9 Å². The van der Waals surface area contributed by atoms with Crippen molar-refractivity contribution in [3.8, 4) is 0 Å². The number of hydrogen-bond acceptors (Lipinski definition) is 2. The maximum absolute atomic E-state index is 13.1. The SMILES string of the molecule is Cc1ccc(S(=O)(=O)N2CCc3[nH]c4cc(Cl)ccc4c3C2)cc1C. The highest BCUT2D eigenvalue weighted by atomic mass is 35.5. The van der Waals surface area contributed by atoms with Gasteiger partial charge in [-0.1, -0.05) is 23.7 Å². The number of benzene rings is 2. The van der Waals surface area contributed by atoms with E-state index in [0.29, 0.717) is 29.4 Å². The number of aryl methyl sites for hydroxylation is 2. The molecule has 0 amide bonds. The van der Waals surface area contributed by atoms with Crippen molar-refractivity contribution in [3.63, 3.8) is 0 Å². The first-order valence-electron chi connectivity index (χ1n) is 8.22. The van der Waals surface area contributed by atoms with Gasteiger partial charge in [0.1, 0.15) is 0 Å². The second-order valence-corrected chi connectivity index (χ2v) is 8.98. The van der Waals surface area contributed by atoms with Gasteiger partial charge >= 0.3 is 0 Å². The molecule has 4 rings (SSSR count). The van der Waals surface area contributed by atoms with Crippen LogP contribution in [0, 0.1) is 13.8 Å². The Labute approximate surface area is 152 Å². The third kappa shape index (κ3) is 2.76. The molecule has 0 aliphatic carbocycles. The molecule has 0 unspecified atom stereocenters. The van der Waals surface area contributed by atoms with Crippen LogP contribution in [0.15, 0.2) is 41.3 Å². The number of H-pyrrole nitrogens is 1. The number of aromatic nitrogens is 1. The third-order valence-electron chi connectivity index (χ3n) is 5.02. The van der Waals surface area contributed by atoms with E-state index in [1.807, 2.05) is 38.1 Å². The van der Waals surface area contributed by atoms with Crippen molar-refractivity contribution in [1.29, 1.82) is 0 Å². The van der Waals surface area contributed by atoms with E-state index in [1.165, 1.54) is 0 Å². The zero-order valence-electron chi connectivity index (χ0n) is 14.1. The molecule has 6 heteroatoms. The number of sulfonamides is 1. The lowest BCUT2D eigenvalue weighted by atomic mass is 10.1. The summed E-state index contributed by atoms with van der Waals surface area (Å²) >= 11 is 6.06. The van der Waals surface area contributed by atoms with Gasteiger partial charge in [-0.15, -0.1) is 0 Å². The highest BCUT2D eigenvalue weighted by Crippen LogP contribution is 2.32. The largest absolute Gasteiger partial charge is 0.358 e. The molecule has 4 nitrogen and oxygen atoms in total. The number of fused-ring (bicyclic) bond motifs is 3. The molecule has 1 aliphatic heterocycles. The lowest BCUT2D eigenvalue weighted by Crippen LogP contribution is -2.35. The summed E-state index contributed by atoms with van der Waals surface area (Å²) in [6, 6.07) is 11.0. The summed E-state index contributed by atoms with van der Waals surface area (Å²) in [5.41, 5.74) is 5.19. The van der Waals surface area contributed by atoms with Gasteiger partial charge in [0.15, 0.2) is 0 Å². The lowest BCUT2D eigenvalue weighted by molar-refractivity contribution is 0.391. The van der Waals surface area contributed by atoms with Crippen LogP contribution in [0.2, 0.25) is 5.02 Å². The predicted molar refractivity (Wildman–Crippen MR) is 101 cm³/mol. The van der Waals surface area contributed by atoms with E-state index in [9.17, 15) is 8.42 Å². The van der Waals surface area contributed by atoms with E-state index in [1.54, 1.807) is 16.4 Å². The number of nitrogens with one attached hydrogen (secondary N) is 1. The van der Waals surface area contributed by atoms with Gasteiger partial charge < -0.3 is 4.98 Å². The minimum Gasteiger partial charge on any atom is -0.358 e. The van der Waals surface area contributed by atoms with E-state index >= 15 is 0 Å². The van der Waals surface area contributed by atoms with Crippen molar-refractivity contribution in [2.24, 2.45) is 0 Å². The summed E-state index contributed by atoms with van der Waals surface area (Å²) in [7, 11) is -3.51. The Morgan fingerprint density at radius 3 is 2.64 bits per heavy atom. The van der Waals surface area contributed by atoms with Crippen LogP contribution in [0.5, 0.6) is 0 Å². The van der Waals surface area contributed by atoms with Crippen molar-refractivity contribution in [3.05, 3.63) is 63.8 Å². The molecule has 0 bridgehead atoms. The van der Waals surface area contributed by atoms with E-state index in [-0.39, 0.29) is 0 Å². The summed E-state index contributed by atoms with van der Waals surface area (Å²) in [5, 5.41) is 1.71. The first kappa shape index (κ1) is 16.6. The molecule has 0 radical (unpaired) electrons. The molecule has 0 fully saturated rings. The molecule has 2 aromatic carbocycles. The highest BCUT2D eigenvalue weighted by molar-refractivity contribution is 7.89. The average molecular weight is 375 g/mol. The minimum absolute atomic E-state index is 0.363. The summed E-state index contributed by atoms with van der Waals surface area (Å²) in [5.74, 6) is 0. The molecule has 0 saturated carbocycles. The molecule has 0 spiro atoms. The summed E-state index contributed by atoms with van der Waals surface area (Å²) in [6.45, 7) is 4.77. The fourth-order valence-electron chi connectivity index (χ4n) is 3.40. The zero-order chi connectivity index (χ0) is 17.8. The van der Waals surface area contributed by atoms with Gasteiger partial charge in [0.2, 0.25) is 10.0 Å². The zero-order valence-corrected chi connectivity index (χ0v) is 15.7. The minimum atomic E-state index is -3.51. The summed E-state index contributed by atoms with van der Waals surface area (Å²) in [4.78, 5) is 3.74. The van der Waals surface area contributed by atoms with E-state index in [2.05, 4.69) is 4.98 Å². The average Bonchev–Trinajstić information content (AvgIpc) is 2.93. The maximum Gasteiger partial charge on any atom is 0.243 e. The van der Waals surface area contributed by atoms with E-state index in [0.717, 1.165) is 33.3 Å². The fourth-order valence-corrected chi connectivity index (χ4v) is 5.06. The molecule has 1 aliphatic rings. The standard InChI is InChI=1S/C19H19ClN2O2S/c1-12-3-5-15(9-13(12)2)25(23,24)22-8-7-18-17(11-22)16-6-4-14(20)10-19(16)21-18/h3-6,9-10,21H,7-8,11H2,1-2H3. The normalized spacial score (nSPS) is 15.5. The van der Waals surface area contributed by atoms with E-state index in [4.69, 9.17) is 11.6 Å². The number of aromatic amines is 1. The number of nitrogens with zero attached hydrogens (tertiary/aromatic N) is 1. The van der Waals surface area contributed by atoms with Crippen LogP contribution in [0.3, 0.4) is 0 Å². The molecule has 1 aromatic heterocycles. The van der Waals surface area contributed by atoms with Crippen LogP contribution >= 0.6 is 11.6 Å². The molecule has 0 atom stereocenters. The summed E-state index contributed by atoms with van der Waals surface area (Å²) < 4.78 is 27.7. The van der Waals surface area contributed by atoms with Crippen molar-refractivity contribution < 1.29 is 8.42 Å². The van der Waals surface area contributed by atoms with Crippen LogP contribution in [-0.2, 0) is 23.0 Å². The third-order valence-corrected chi connectivity index (χ3v) is 7.09. The van der Waals surface area contributed by atoms with Crippen molar-refractivity contribution >= 4 is 32.5 Å². The van der Waals surface area contributed by atoms with Gasteiger partial charge in [0, 0.05) is 41.1 Å². The Morgan fingerprint density at radius 1 is 1.08 bits per heavy atom. The van der Waals surface area contributed by atoms with Gasteiger partial charge in [-0.25, -0.2) is 8.42 Å². The smallest absolute Gasteiger partial charge is 0.243 e. The van der Waals surface area contributed by atoms with Crippen LogP contribution < -0.4 is 0 Å². The molecular formula is C19H19ClN2O2S. The quantitative estimate of drug-likeness (QED) is 0.731. The molecule has 2 heterocycles. The topological polar surface area (TPSA) is 53.2 Å². The van der Waals surface area contributed by atoms with Crippen LogP contribution in [-0.4, -0.2) is 24.3 Å². The molecule has 3 aromatic rings. The summed E-state index contributed by atoms with van der Waals surface area (Å²) in [6.07, 6.45) is 0.672. The molecule has 0 saturated heterocycles. The van der Waals surface area contributed by atoms with Crippen molar-refractivity contribution in [2.45, 2.75) is 31.7 Å².